The first-order valence-corrected chi connectivity index (χ1v) is 8.99. The Morgan fingerprint density at radius 3 is 2.92 bits per heavy atom. The van der Waals surface area contributed by atoms with Crippen molar-refractivity contribution in [3.05, 3.63) is 6.20 Å². The summed E-state index contributed by atoms with van der Waals surface area (Å²) in [6, 6.07) is 0.918. The zero-order valence-corrected chi connectivity index (χ0v) is 14.8. The maximum Gasteiger partial charge on any atom is 0.322 e. The van der Waals surface area contributed by atoms with Gasteiger partial charge in [-0.3, -0.25) is 16.2 Å². The van der Waals surface area contributed by atoms with Crippen molar-refractivity contribution >= 4 is 11.8 Å². The van der Waals surface area contributed by atoms with Crippen molar-refractivity contribution in [3.63, 3.8) is 0 Å². The van der Waals surface area contributed by atoms with Gasteiger partial charge in [0.2, 0.25) is 0 Å². The highest BCUT2D eigenvalue weighted by Gasteiger charge is 2.37. The minimum absolute atomic E-state index is 0.148. The third-order valence-electron chi connectivity index (χ3n) is 5.13. The van der Waals surface area contributed by atoms with Crippen molar-refractivity contribution in [2.45, 2.75) is 64.1 Å². The molecule has 3 rings (SSSR count). The van der Waals surface area contributed by atoms with E-state index in [0.717, 1.165) is 0 Å². The van der Waals surface area contributed by atoms with E-state index >= 15 is 0 Å². The normalized spacial score (nSPS) is 26.9. The number of hydrogen-bond donors (Lipinski definition) is 3. The van der Waals surface area contributed by atoms with Gasteiger partial charge in [0.1, 0.15) is 0 Å². The molecule has 2 fully saturated rings. The fourth-order valence-electron chi connectivity index (χ4n) is 3.67. The Morgan fingerprint density at radius 1 is 1.38 bits per heavy atom. The number of hydrazine groups is 1. The van der Waals surface area contributed by atoms with Crippen LogP contribution in [-0.2, 0) is 0 Å². The number of carbonyl (C=O) groups is 1. The van der Waals surface area contributed by atoms with Crippen LogP contribution in [0, 0.1) is 5.92 Å². The van der Waals surface area contributed by atoms with Crippen LogP contribution in [0.4, 0.5) is 10.6 Å². The molecule has 2 heterocycles. The number of hydrogen-bond acceptors (Lipinski definition) is 5. The van der Waals surface area contributed by atoms with Gasteiger partial charge >= 0.3 is 6.03 Å². The summed E-state index contributed by atoms with van der Waals surface area (Å²) >= 11 is 0. The average molecular weight is 335 g/mol. The third-order valence-corrected chi connectivity index (χ3v) is 5.13. The van der Waals surface area contributed by atoms with Gasteiger partial charge in [0.05, 0.1) is 6.20 Å². The molecule has 1 saturated carbocycles. The molecule has 2 aliphatic rings. The quantitative estimate of drug-likeness (QED) is 0.780. The highest BCUT2D eigenvalue weighted by atomic mass is 16.2. The van der Waals surface area contributed by atoms with Crippen molar-refractivity contribution in [2.75, 3.05) is 18.9 Å². The predicted molar refractivity (Wildman–Crippen MR) is 92.5 cm³/mol. The maximum atomic E-state index is 12.4. The first-order chi connectivity index (χ1) is 11.5. The molecule has 134 valence electrons. The summed E-state index contributed by atoms with van der Waals surface area (Å²) in [7, 11) is 1.83. The van der Waals surface area contributed by atoms with E-state index in [-0.39, 0.29) is 12.1 Å². The summed E-state index contributed by atoms with van der Waals surface area (Å²) in [5, 5.41) is 10.8. The van der Waals surface area contributed by atoms with Crippen LogP contribution in [0.15, 0.2) is 6.20 Å². The van der Waals surface area contributed by atoms with Gasteiger partial charge in [-0.2, -0.15) is 0 Å². The zero-order valence-electron chi connectivity index (χ0n) is 14.8. The Balaban J connectivity index is 1.53. The first-order valence-electron chi connectivity index (χ1n) is 8.99. The average Bonchev–Trinajstić information content (AvgIpc) is 3.08. The van der Waals surface area contributed by atoms with Gasteiger partial charge in [-0.25, -0.2) is 9.48 Å². The number of nitrogens with one attached hydrogen (secondary N) is 3. The summed E-state index contributed by atoms with van der Waals surface area (Å²) in [6.45, 7) is 4.72. The molecule has 0 spiro atoms. The van der Waals surface area contributed by atoms with Gasteiger partial charge in [-0.05, 0) is 32.6 Å². The lowest BCUT2D eigenvalue weighted by Gasteiger charge is -2.25. The van der Waals surface area contributed by atoms with Crippen molar-refractivity contribution < 1.29 is 4.79 Å². The van der Waals surface area contributed by atoms with Crippen molar-refractivity contribution in [1.82, 2.24) is 30.7 Å². The first kappa shape index (κ1) is 17.2. The summed E-state index contributed by atoms with van der Waals surface area (Å²) in [5.41, 5.74) is 6.82. The fourth-order valence-corrected chi connectivity index (χ4v) is 3.67. The molecule has 0 radical (unpaired) electrons. The van der Waals surface area contributed by atoms with Crippen LogP contribution in [0.1, 0.15) is 52.0 Å². The number of amides is 2. The molecule has 1 aliphatic heterocycles. The van der Waals surface area contributed by atoms with Gasteiger partial charge in [0.25, 0.3) is 0 Å². The third kappa shape index (κ3) is 3.87. The van der Waals surface area contributed by atoms with E-state index in [1.165, 1.54) is 32.1 Å². The Kier molecular flexibility index (Phi) is 5.35. The van der Waals surface area contributed by atoms with Crippen LogP contribution in [0.2, 0.25) is 0 Å². The van der Waals surface area contributed by atoms with E-state index in [1.54, 1.807) is 15.8 Å². The minimum atomic E-state index is -0.148. The lowest BCUT2D eigenvalue weighted by atomic mass is 9.90. The molecule has 8 heteroatoms. The summed E-state index contributed by atoms with van der Waals surface area (Å²) in [4.78, 5) is 14.1. The van der Waals surface area contributed by atoms with E-state index in [1.807, 2.05) is 20.9 Å². The van der Waals surface area contributed by atoms with Gasteiger partial charge in [0.15, 0.2) is 5.82 Å². The SMILES string of the molecule is CC(C)n1cc(NC(=O)N(C)CC2NNC3CCCCCC32)nn1. The lowest BCUT2D eigenvalue weighted by Crippen LogP contribution is -2.44. The summed E-state index contributed by atoms with van der Waals surface area (Å²) in [6.07, 6.45) is 8.12. The number of likely N-dealkylation sites (N-methyl/N-ethyl adjacent to an activating group) is 1. The molecule has 1 aromatic heterocycles. The van der Waals surface area contributed by atoms with E-state index < -0.39 is 0 Å². The monoisotopic (exact) mass is 335 g/mol. The number of nitrogens with zero attached hydrogens (tertiary/aromatic N) is 4. The smallest absolute Gasteiger partial charge is 0.322 e. The highest BCUT2D eigenvalue weighted by Crippen LogP contribution is 2.29. The molecule has 3 atom stereocenters. The largest absolute Gasteiger partial charge is 0.326 e. The standard InChI is InChI=1S/C16H29N7O/c1-11(2)23-10-15(20-21-23)17-16(24)22(3)9-14-12-7-5-4-6-8-13(12)18-19-14/h10-14,18-19H,4-9H2,1-3H3,(H,17,24). The van der Waals surface area contributed by atoms with E-state index in [2.05, 4.69) is 26.5 Å². The second-order valence-corrected chi connectivity index (χ2v) is 7.29. The van der Waals surface area contributed by atoms with Crippen molar-refractivity contribution in [3.8, 4) is 0 Å². The number of urea groups is 1. The van der Waals surface area contributed by atoms with Crippen molar-refractivity contribution in [2.24, 2.45) is 5.92 Å². The van der Waals surface area contributed by atoms with Gasteiger partial charge in [0, 0.05) is 31.7 Å². The molecule has 0 bridgehead atoms. The minimum Gasteiger partial charge on any atom is -0.326 e. The van der Waals surface area contributed by atoms with Gasteiger partial charge in [-0.15, -0.1) is 5.10 Å². The molecule has 0 aromatic carbocycles. The zero-order chi connectivity index (χ0) is 17.1. The topological polar surface area (TPSA) is 87.1 Å². The van der Waals surface area contributed by atoms with E-state index in [9.17, 15) is 4.79 Å². The van der Waals surface area contributed by atoms with Crippen LogP contribution in [-0.4, -0.2) is 51.6 Å². The molecule has 8 nitrogen and oxygen atoms in total. The Bertz CT molecular complexity index is 558. The molecule has 24 heavy (non-hydrogen) atoms. The molecular weight excluding hydrogens is 306 g/mol. The lowest BCUT2D eigenvalue weighted by molar-refractivity contribution is 0.212. The number of carbonyl (C=O) groups excluding carboxylic acids is 1. The number of aromatic nitrogens is 3. The van der Waals surface area contributed by atoms with E-state index in [0.29, 0.717) is 30.4 Å². The number of anilines is 1. The maximum absolute atomic E-state index is 12.4. The van der Waals surface area contributed by atoms with Crippen LogP contribution >= 0.6 is 0 Å². The van der Waals surface area contributed by atoms with E-state index in [4.69, 9.17) is 0 Å². The molecule has 2 amide bonds. The molecule has 1 aromatic rings. The van der Waals surface area contributed by atoms with Gasteiger partial charge in [-0.1, -0.05) is 24.5 Å². The Morgan fingerprint density at radius 2 is 2.17 bits per heavy atom. The van der Waals surface area contributed by atoms with Gasteiger partial charge < -0.3 is 4.90 Å². The van der Waals surface area contributed by atoms with Crippen LogP contribution < -0.4 is 16.2 Å². The second kappa shape index (κ2) is 7.48. The highest BCUT2D eigenvalue weighted by molar-refractivity contribution is 5.87. The molecule has 1 saturated heterocycles. The molecule has 3 N–H and O–H groups in total. The van der Waals surface area contributed by atoms with Crippen LogP contribution in [0.25, 0.3) is 0 Å². The Hall–Kier alpha value is -1.67. The molecule has 3 unspecified atom stereocenters. The molecule has 1 aliphatic carbocycles. The number of fused-ring (bicyclic) bond motifs is 1. The van der Waals surface area contributed by atoms with Crippen LogP contribution in [0.3, 0.4) is 0 Å². The van der Waals surface area contributed by atoms with Crippen molar-refractivity contribution in [1.29, 1.82) is 0 Å². The molecular formula is C16H29N7O. The fraction of sp³-hybridized carbons (Fsp3) is 0.812. The summed E-state index contributed by atoms with van der Waals surface area (Å²) < 4.78 is 1.73. The Labute approximate surface area is 143 Å². The summed E-state index contributed by atoms with van der Waals surface area (Å²) in [5.74, 6) is 1.09. The second-order valence-electron chi connectivity index (χ2n) is 7.29. The number of rotatable bonds is 4. The predicted octanol–water partition coefficient (Wildman–Crippen LogP) is 1.75. The van der Waals surface area contributed by atoms with Crippen LogP contribution in [0.5, 0.6) is 0 Å².